The minimum absolute atomic E-state index is 0.0903. The number of amides is 1. The van der Waals surface area contributed by atoms with Crippen molar-refractivity contribution in [1.29, 1.82) is 0 Å². The third-order valence-electron chi connectivity index (χ3n) is 2.64. The Morgan fingerprint density at radius 2 is 1.81 bits per heavy atom. The molecule has 0 atom stereocenters. The van der Waals surface area contributed by atoms with E-state index in [1.165, 1.54) is 36.4 Å². The summed E-state index contributed by atoms with van der Waals surface area (Å²) in [5.41, 5.74) is 6.45. The first-order chi connectivity index (χ1) is 9.86. The van der Waals surface area contributed by atoms with E-state index in [1.54, 1.807) is 0 Å². The number of nitrogens with one attached hydrogen (secondary N) is 1. The average molecular weight is 325 g/mol. The molecule has 7 heteroatoms. The summed E-state index contributed by atoms with van der Waals surface area (Å²) in [6, 6.07) is 8.61. The normalized spacial score (nSPS) is 10.2. The molecule has 21 heavy (non-hydrogen) atoms. The van der Waals surface area contributed by atoms with E-state index < -0.39 is 11.9 Å². The van der Waals surface area contributed by atoms with Crippen LogP contribution in [0.1, 0.15) is 20.7 Å². The minimum atomic E-state index is -1.18. The van der Waals surface area contributed by atoms with Gasteiger partial charge in [0.2, 0.25) is 0 Å². The van der Waals surface area contributed by atoms with Gasteiger partial charge in [0.1, 0.15) is 0 Å². The van der Waals surface area contributed by atoms with Gasteiger partial charge in [0.05, 0.1) is 10.6 Å². The van der Waals surface area contributed by atoms with Gasteiger partial charge in [-0.3, -0.25) is 4.79 Å². The highest BCUT2D eigenvalue weighted by atomic mass is 35.5. The molecule has 108 valence electrons. The number of halogens is 2. The molecule has 5 nitrogen and oxygen atoms in total. The quantitative estimate of drug-likeness (QED) is 0.753. The van der Waals surface area contributed by atoms with E-state index in [0.29, 0.717) is 16.4 Å². The smallest absolute Gasteiger partial charge is 0.337 e. The van der Waals surface area contributed by atoms with Crippen LogP contribution in [0.5, 0.6) is 0 Å². The third kappa shape index (κ3) is 3.65. The lowest BCUT2D eigenvalue weighted by Gasteiger charge is -2.08. The molecule has 2 rings (SSSR count). The van der Waals surface area contributed by atoms with E-state index in [4.69, 9.17) is 34.0 Å². The van der Waals surface area contributed by atoms with Crippen molar-refractivity contribution in [2.45, 2.75) is 0 Å². The Bertz CT molecular complexity index is 712. The first kappa shape index (κ1) is 15.2. The van der Waals surface area contributed by atoms with Crippen molar-refractivity contribution < 1.29 is 14.7 Å². The molecule has 0 radical (unpaired) electrons. The number of benzene rings is 2. The number of aromatic carboxylic acids is 1. The summed E-state index contributed by atoms with van der Waals surface area (Å²) in [6.45, 7) is 0. The molecule has 2 aromatic rings. The lowest BCUT2D eigenvalue weighted by Crippen LogP contribution is -2.13. The molecule has 0 bridgehead atoms. The zero-order chi connectivity index (χ0) is 15.6. The van der Waals surface area contributed by atoms with Gasteiger partial charge < -0.3 is 16.2 Å². The predicted octanol–water partition coefficient (Wildman–Crippen LogP) is 3.53. The summed E-state index contributed by atoms with van der Waals surface area (Å²) in [4.78, 5) is 23.1. The molecule has 0 aromatic heterocycles. The molecule has 0 heterocycles. The monoisotopic (exact) mass is 324 g/mol. The predicted molar refractivity (Wildman–Crippen MR) is 82.2 cm³/mol. The number of carbonyl (C=O) groups excluding carboxylic acids is 1. The molecule has 0 unspecified atom stereocenters. The average Bonchev–Trinajstić information content (AvgIpc) is 2.39. The van der Waals surface area contributed by atoms with Crippen LogP contribution in [0.2, 0.25) is 10.0 Å². The topological polar surface area (TPSA) is 92.4 Å². The molecule has 0 aliphatic rings. The van der Waals surface area contributed by atoms with Gasteiger partial charge in [0.25, 0.3) is 5.91 Å². The molecule has 0 saturated carbocycles. The van der Waals surface area contributed by atoms with E-state index in [9.17, 15) is 9.59 Å². The molecule has 0 aliphatic carbocycles. The number of anilines is 2. The maximum atomic E-state index is 12.1. The van der Waals surface area contributed by atoms with Crippen molar-refractivity contribution in [1.82, 2.24) is 0 Å². The molecular formula is C14H10Cl2N2O3. The number of nitrogen functional groups attached to an aromatic ring is 1. The second-order valence-electron chi connectivity index (χ2n) is 4.23. The Hall–Kier alpha value is -2.24. The van der Waals surface area contributed by atoms with Crippen LogP contribution in [0.4, 0.5) is 11.4 Å². The third-order valence-corrected chi connectivity index (χ3v) is 3.18. The van der Waals surface area contributed by atoms with Crippen LogP contribution in [0, 0.1) is 0 Å². The van der Waals surface area contributed by atoms with Gasteiger partial charge in [-0.15, -0.1) is 0 Å². The zero-order valence-electron chi connectivity index (χ0n) is 10.6. The molecule has 1 amide bonds. The van der Waals surface area contributed by atoms with Crippen molar-refractivity contribution in [3.63, 3.8) is 0 Å². The van der Waals surface area contributed by atoms with Gasteiger partial charge >= 0.3 is 5.97 Å². The van der Waals surface area contributed by atoms with Gasteiger partial charge in [0, 0.05) is 22.0 Å². The SMILES string of the molecule is Nc1cc(Cl)cc(C(=O)Nc2ccc(Cl)c(C(=O)O)c2)c1. The summed E-state index contributed by atoms with van der Waals surface area (Å²) in [5.74, 6) is -1.63. The summed E-state index contributed by atoms with van der Waals surface area (Å²) in [5, 5.41) is 12.0. The van der Waals surface area contributed by atoms with Crippen LogP contribution in [-0.2, 0) is 0 Å². The van der Waals surface area contributed by atoms with Crippen LogP contribution in [0.15, 0.2) is 36.4 Å². The van der Waals surface area contributed by atoms with E-state index in [-0.39, 0.29) is 16.1 Å². The highest BCUT2D eigenvalue weighted by Gasteiger charge is 2.12. The number of carbonyl (C=O) groups is 2. The summed E-state index contributed by atoms with van der Waals surface area (Å²) >= 11 is 11.6. The summed E-state index contributed by atoms with van der Waals surface area (Å²) in [7, 11) is 0. The van der Waals surface area contributed by atoms with E-state index in [2.05, 4.69) is 5.32 Å². The maximum absolute atomic E-state index is 12.1. The molecule has 0 saturated heterocycles. The Morgan fingerprint density at radius 3 is 2.43 bits per heavy atom. The first-order valence-electron chi connectivity index (χ1n) is 5.77. The van der Waals surface area contributed by atoms with Crippen LogP contribution in [-0.4, -0.2) is 17.0 Å². The number of carboxylic acid groups (broad SMARTS) is 1. The van der Waals surface area contributed by atoms with Crippen molar-refractivity contribution >= 4 is 46.5 Å². The second kappa shape index (κ2) is 6.03. The Morgan fingerprint density at radius 1 is 1.10 bits per heavy atom. The van der Waals surface area contributed by atoms with Crippen LogP contribution in [0.25, 0.3) is 0 Å². The largest absolute Gasteiger partial charge is 0.478 e. The zero-order valence-corrected chi connectivity index (χ0v) is 12.1. The lowest BCUT2D eigenvalue weighted by molar-refractivity contribution is 0.0696. The minimum Gasteiger partial charge on any atom is -0.478 e. The summed E-state index contributed by atoms with van der Waals surface area (Å²) < 4.78 is 0. The van der Waals surface area contributed by atoms with E-state index in [0.717, 1.165) is 0 Å². The van der Waals surface area contributed by atoms with Crippen molar-refractivity contribution in [3.05, 3.63) is 57.6 Å². The fraction of sp³-hybridized carbons (Fsp3) is 0. The van der Waals surface area contributed by atoms with Crippen LogP contribution in [0.3, 0.4) is 0 Å². The molecule has 2 aromatic carbocycles. The molecule has 0 fully saturated rings. The fourth-order valence-electron chi connectivity index (χ4n) is 1.71. The maximum Gasteiger partial charge on any atom is 0.337 e. The van der Waals surface area contributed by atoms with E-state index in [1.807, 2.05) is 0 Å². The van der Waals surface area contributed by atoms with Crippen molar-refractivity contribution in [3.8, 4) is 0 Å². The van der Waals surface area contributed by atoms with Gasteiger partial charge in [-0.05, 0) is 36.4 Å². The molecule has 0 aliphatic heterocycles. The van der Waals surface area contributed by atoms with Gasteiger partial charge in [0.15, 0.2) is 0 Å². The number of nitrogens with two attached hydrogens (primary N) is 1. The van der Waals surface area contributed by atoms with Gasteiger partial charge in [-0.25, -0.2) is 4.79 Å². The van der Waals surface area contributed by atoms with Gasteiger partial charge in [-0.1, -0.05) is 23.2 Å². The number of carboxylic acids is 1. The van der Waals surface area contributed by atoms with Crippen LogP contribution < -0.4 is 11.1 Å². The standard InChI is InChI=1S/C14H10Cl2N2O3/c15-8-3-7(4-9(17)5-8)13(19)18-10-1-2-12(16)11(6-10)14(20)21/h1-6H,17H2,(H,18,19)(H,20,21). The first-order valence-corrected chi connectivity index (χ1v) is 6.52. The van der Waals surface area contributed by atoms with Crippen molar-refractivity contribution in [2.75, 3.05) is 11.1 Å². The highest BCUT2D eigenvalue weighted by Crippen LogP contribution is 2.22. The Balaban J connectivity index is 2.27. The highest BCUT2D eigenvalue weighted by molar-refractivity contribution is 6.33. The molecule has 4 N–H and O–H groups in total. The van der Waals surface area contributed by atoms with Crippen molar-refractivity contribution in [2.24, 2.45) is 0 Å². The number of hydrogen-bond acceptors (Lipinski definition) is 3. The Labute approximate surface area is 130 Å². The van der Waals surface area contributed by atoms with Gasteiger partial charge in [-0.2, -0.15) is 0 Å². The van der Waals surface area contributed by atoms with E-state index >= 15 is 0 Å². The Kier molecular flexibility index (Phi) is 4.35. The molecule has 0 spiro atoms. The molecular weight excluding hydrogens is 315 g/mol. The number of hydrogen-bond donors (Lipinski definition) is 3. The number of rotatable bonds is 3. The van der Waals surface area contributed by atoms with Crippen LogP contribution >= 0.6 is 23.2 Å². The second-order valence-corrected chi connectivity index (χ2v) is 5.07. The lowest BCUT2D eigenvalue weighted by atomic mass is 10.1. The fourth-order valence-corrected chi connectivity index (χ4v) is 2.16. The summed E-state index contributed by atoms with van der Waals surface area (Å²) in [6.07, 6.45) is 0.